The summed E-state index contributed by atoms with van der Waals surface area (Å²) in [4.78, 5) is 27.3. The molecule has 1 N–H and O–H groups in total. The first-order valence-corrected chi connectivity index (χ1v) is 11.9. The summed E-state index contributed by atoms with van der Waals surface area (Å²) in [6.07, 6.45) is -3.35. The van der Waals surface area contributed by atoms with Crippen LogP contribution in [0, 0.1) is 5.82 Å². The largest absolute Gasteiger partial charge is 0.545 e. The first kappa shape index (κ1) is 26.7. The normalized spacial score (nSPS) is 14.2. The summed E-state index contributed by atoms with van der Waals surface area (Å²) in [6.45, 7) is 3.43. The molecular weight excluding hydrogens is 536 g/mol. The molecule has 1 aromatic heterocycles. The number of halogens is 5. The van der Waals surface area contributed by atoms with E-state index in [0.717, 1.165) is 24.3 Å². The van der Waals surface area contributed by atoms with E-state index in [1.165, 1.54) is 12.3 Å². The number of rotatable bonds is 4. The van der Waals surface area contributed by atoms with Crippen LogP contribution in [-0.4, -0.2) is 46.7 Å². The monoisotopic (exact) mass is 555 g/mol. The van der Waals surface area contributed by atoms with Crippen LogP contribution in [0.25, 0.3) is 10.9 Å². The number of piperazine rings is 1. The molecule has 13 heteroatoms. The molecule has 0 atom stereocenters. The third-order valence-corrected chi connectivity index (χ3v) is 6.84. The first-order valence-electron chi connectivity index (χ1n) is 11.2. The summed E-state index contributed by atoms with van der Waals surface area (Å²) in [6, 6.07) is 5.43. The number of anilines is 2. The Morgan fingerprint density at radius 3 is 2.43 bits per heavy atom. The van der Waals surface area contributed by atoms with Crippen LogP contribution in [0.1, 0.15) is 22.8 Å². The number of carbonyl (C=O) groups is 1. The number of benzene rings is 2. The predicted octanol–water partition coefficient (Wildman–Crippen LogP) is 3.72. The Kier molecular flexibility index (Phi) is 7.33. The van der Waals surface area contributed by atoms with Gasteiger partial charge < -0.3 is 29.6 Å². The molecule has 0 unspecified atom stereocenters. The molecule has 1 fully saturated rings. The number of hydrogen-bond donors (Lipinski definition) is 1. The minimum absolute atomic E-state index is 0.0259. The van der Waals surface area contributed by atoms with Crippen molar-refractivity contribution in [1.82, 2.24) is 9.47 Å². The molecule has 37 heavy (non-hydrogen) atoms. The number of aryl methyl sites for hydroxylation is 1. The highest BCUT2D eigenvalue weighted by Crippen LogP contribution is 2.34. The third-order valence-electron chi connectivity index (χ3n) is 6.15. The average molecular weight is 556 g/mol. The zero-order chi connectivity index (χ0) is 27.1. The van der Waals surface area contributed by atoms with E-state index in [1.807, 2.05) is 0 Å². The number of alkyl halides is 3. The number of carboxylic acid groups (broad SMARTS) is 1. The lowest BCUT2D eigenvalue weighted by atomic mass is 10.1. The highest BCUT2D eigenvalue weighted by Gasteiger charge is 2.31. The van der Waals surface area contributed by atoms with Crippen molar-refractivity contribution in [1.29, 1.82) is 0 Å². The number of thiocarbonyl (C=S) groups is 1. The van der Waals surface area contributed by atoms with Crippen molar-refractivity contribution in [2.45, 2.75) is 19.6 Å². The van der Waals surface area contributed by atoms with E-state index in [-0.39, 0.29) is 26.9 Å². The molecule has 0 radical (unpaired) electrons. The Balaban J connectivity index is 1.53. The Bertz CT molecular complexity index is 1450. The quantitative estimate of drug-likeness (QED) is 0.388. The first-order chi connectivity index (χ1) is 17.4. The van der Waals surface area contributed by atoms with E-state index in [4.69, 9.17) is 23.8 Å². The standard InChI is InChI=1S/C24H21ClF4N4O3S/c1-2-31-12-15(22(35)36)21(34)14-10-17(26)20(11-19(14)31)32-5-7-33(8-6-32)23(37)30-18-9-13(24(27,28)29)3-4-16(18)25/h3-4,9-12H,2,5-8H2,1H3,(H,30,37)(H,35,36)/p-1. The van der Waals surface area contributed by atoms with E-state index >= 15 is 4.39 Å². The summed E-state index contributed by atoms with van der Waals surface area (Å²) in [5.74, 6) is -2.32. The molecule has 2 aromatic carbocycles. The summed E-state index contributed by atoms with van der Waals surface area (Å²) >= 11 is 11.4. The van der Waals surface area contributed by atoms with E-state index in [2.05, 4.69) is 5.32 Å². The van der Waals surface area contributed by atoms with Gasteiger partial charge in [0.05, 0.1) is 39.0 Å². The van der Waals surface area contributed by atoms with Crippen LogP contribution in [0.5, 0.6) is 0 Å². The number of nitrogens with one attached hydrogen (secondary N) is 1. The fourth-order valence-electron chi connectivity index (χ4n) is 4.19. The molecular formula is C24H20ClF4N4O3S-. The fourth-order valence-corrected chi connectivity index (χ4v) is 4.65. The zero-order valence-electron chi connectivity index (χ0n) is 19.4. The van der Waals surface area contributed by atoms with Crippen LogP contribution in [0.15, 0.2) is 41.3 Å². The molecule has 0 saturated carbocycles. The van der Waals surface area contributed by atoms with E-state index in [0.29, 0.717) is 38.2 Å². The highest BCUT2D eigenvalue weighted by molar-refractivity contribution is 7.80. The van der Waals surface area contributed by atoms with Gasteiger partial charge in [-0.1, -0.05) is 11.6 Å². The van der Waals surface area contributed by atoms with Gasteiger partial charge in [0.2, 0.25) is 0 Å². The van der Waals surface area contributed by atoms with Crippen LogP contribution >= 0.6 is 23.8 Å². The van der Waals surface area contributed by atoms with Crippen LogP contribution in [0.2, 0.25) is 5.02 Å². The summed E-state index contributed by atoms with van der Waals surface area (Å²) in [5, 5.41) is 14.3. The van der Waals surface area contributed by atoms with Gasteiger partial charge in [-0.3, -0.25) is 4.79 Å². The van der Waals surface area contributed by atoms with Gasteiger partial charge >= 0.3 is 6.18 Å². The van der Waals surface area contributed by atoms with Gasteiger partial charge in [-0.15, -0.1) is 0 Å². The van der Waals surface area contributed by atoms with Gasteiger partial charge in [-0.2, -0.15) is 13.2 Å². The molecule has 196 valence electrons. The van der Waals surface area contributed by atoms with Crippen molar-refractivity contribution in [2.75, 3.05) is 36.4 Å². The van der Waals surface area contributed by atoms with Crippen LogP contribution in [-0.2, 0) is 12.7 Å². The van der Waals surface area contributed by atoms with E-state index < -0.39 is 34.5 Å². The van der Waals surface area contributed by atoms with Crippen LogP contribution in [0.3, 0.4) is 0 Å². The summed E-state index contributed by atoms with van der Waals surface area (Å²) in [5.41, 5.74) is -1.59. The Hall–Kier alpha value is -3.38. The van der Waals surface area contributed by atoms with Gasteiger partial charge in [-0.25, -0.2) is 4.39 Å². The van der Waals surface area contributed by atoms with Gasteiger partial charge in [0.1, 0.15) is 5.82 Å². The second-order valence-electron chi connectivity index (χ2n) is 8.36. The Labute approximate surface area is 218 Å². The Morgan fingerprint density at radius 2 is 1.84 bits per heavy atom. The van der Waals surface area contributed by atoms with E-state index in [9.17, 15) is 27.9 Å². The Morgan fingerprint density at radius 1 is 1.16 bits per heavy atom. The number of carbonyl (C=O) groups excluding carboxylic acids is 1. The molecule has 7 nitrogen and oxygen atoms in total. The van der Waals surface area contributed by atoms with Crippen LogP contribution < -0.4 is 20.8 Å². The number of hydrogen-bond acceptors (Lipinski definition) is 5. The van der Waals surface area contributed by atoms with E-state index in [1.54, 1.807) is 21.3 Å². The van der Waals surface area contributed by atoms with Gasteiger partial charge in [0.25, 0.3) is 0 Å². The minimum Gasteiger partial charge on any atom is -0.545 e. The SMILES string of the molecule is CCn1cc(C(=O)[O-])c(=O)c2cc(F)c(N3CCN(C(=S)Nc4cc(C(F)(F)F)ccc4Cl)CC3)cc21. The number of aromatic carboxylic acids is 1. The lowest BCUT2D eigenvalue weighted by Gasteiger charge is -2.37. The number of pyridine rings is 1. The van der Waals surface area contributed by atoms with Gasteiger partial charge in [0, 0.05) is 44.3 Å². The molecule has 2 heterocycles. The molecule has 3 aromatic rings. The summed E-state index contributed by atoms with van der Waals surface area (Å²) < 4.78 is 55.8. The lowest BCUT2D eigenvalue weighted by molar-refractivity contribution is -0.255. The van der Waals surface area contributed by atoms with Gasteiger partial charge in [0.15, 0.2) is 10.5 Å². The fraction of sp³-hybridized carbons (Fsp3) is 0.292. The second-order valence-corrected chi connectivity index (χ2v) is 9.16. The van der Waals surface area contributed by atoms with Crippen molar-refractivity contribution in [3.8, 4) is 0 Å². The number of fused-ring (bicyclic) bond motifs is 1. The van der Waals surface area contributed by atoms with Crippen molar-refractivity contribution >= 4 is 57.2 Å². The summed E-state index contributed by atoms with van der Waals surface area (Å²) in [7, 11) is 0. The number of aromatic nitrogens is 1. The molecule has 0 bridgehead atoms. The number of carboxylic acids is 1. The second kappa shape index (κ2) is 10.2. The smallest absolute Gasteiger partial charge is 0.416 e. The molecule has 1 aliphatic rings. The maximum absolute atomic E-state index is 15.1. The zero-order valence-corrected chi connectivity index (χ0v) is 20.9. The van der Waals surface area contributed by atoms with Crippen molar-refractivity contribution in [2.24, 2.45) is 0 Å². The van der Waals surface area contributed by atoms with Crippen molar-refractivity contribution in [3.63, 3.8) is 0 Å². The number of nitrogens with zero attached hydrogens (tertiary/aromatic N) is 3. The topological polar surface area (TPSA) is 80.6 Å². The molecule has 0 amide bonds. The molecule has 1 saturated heterocycles. The van der Waals surface area contributed by atoms with Crippen molar-refractivity contribution < 1.29 is 27.5 Å². The predicted molar refractivity (Wildman–Crippen MR) is 135 cm³/mol. The average Bonchev–Trinajstić information content (AvgIpc) is 2.84. The third kappa shape index (κ3) is 5.35. The van der Waals surface area contributed by atoms with Crippen LogP contribution in [0.4, 0.5) is 28.9 Å². The molecule has 4 rings (SSSR count). The maximum atomic E-state index is 15.1. The molecule has 1 aliphatic heterocycles. The lowest BCUT2D eigenvalue weighted by Crippen LogP contribution is -2.50. The van der Waals surface area contributed by atoms with Crippen molar-refractivity contribution in [3.05, 3.63) is 68.7 Å². The highest BCUT2D eigenvalue weighted by atomic mass is 35.5. The maximum Gasteiger partial charge on any atom is 0.416 e. The molecule has 0 aliphatic carbocycles. The molecule has 0 spiro atoms. The minimum atomic E-state index is -4.53. The van der Waals surface area contributed by atoms with Gasteiger partial charge in [-0.05, 0) is 49.5 Å².